The summed E-state index contributed by atoms with van der Waals surface area (Å²) in [5, 5.41) is 4.51. The fraction of sp³-hybridized carbons (Fsp3) is 0.300. The van der Waals surface area contributed by atoms with Crippen molar-refractivity contribution in [3.8, 4) is 0 Å². The van der Waals surface area contributed by atoms with E-state index in [0.717, 1.165) is 6.07 Å². The Balaban J connectivity index is 1.68. The summed E-state index contributed by atoms with van der Waals surface area (Å²) in [5.74, 6) is -6.21. The second kappa shape index (κ2) is 9.48. The highest BCUT2D eigenvalue weighted by Gasteiger charge is 2.32. The molecule has 0 spiro atoms. The molecule has 166 valence electrons. The van der Waals surface area contributed by atoms with Gasteiger partial charge in [-0.25, -0.2) is 21.6 Å². The minimum absolute atomic E-state index is 0.0838. The summed E-state index contributed by atoms with van der Waals surface area (Å²) < 4.78 is 63.4. The van der Waals surface area contributed by atoms with E-state index in [1.807, 2.05) is 0 Å². The molecule has 1 atom stereocenters. The predicted molar refractivity (Wildman–Crippen MR) is 107 cm³/mol. The lowest BCUT2D eigenvalue weighted by atomic mass is 10.0. The number of nitrogens with one attached hydrogen (secondary N) is 2. The van der Waals surface area contributed by atoms with Crippen LogP contribution >= 0.6 is 0 Å². The molecule has 1 aliphatic rings. The fourth-order valence-corrected chi connectivity index (χ4v) is 4.46. The van der Waals surface area contributed by atoms with Gasteiger partial charge in [0.1, 0.15) is 6.04 Å². The third-order valence-corrected chi connectivity index (χ3v) is 6.45. The van der Waals surface area contributed by atoms with Gasteiger partial charge in [-0.05, 0) is 17.7 Å². The lowest BCUT2D eigenvalue weighted by Crippen LogP contribution is -2.48. The number of benzene rings is 2. The van der Waals surface area contributed by atoms with Crippen LogP contribution in [0.1, 0.15) is 11.6 Å². The third-order valence-electron chi connectivity index (χ3n) is 4.84. The zero-order valence-corrected chi connectivity index (χ0v) is 17.1. The maximum Gasteiger partial charge on any atom is 0.243 e. The maximum atomic E-state index is 13.7. The second-order valence-corrected chi connectivity index (χ2v) is 9.29. The number of sulfone groups is 1. The first-order valence-corrected chi connectivity index (χ1v) is 11.2. The summed E-state index contributed by atoms with van der Waals surface area (Å²) in [6.07, 6.45) is 0. The molecular formula is C20H20F3N3O4S. The number of halogens is 3. The van der Waals surface area contributed by atoms with Crippen LogP contribution in [0, 0.1) is 17.5 Å². The number of rotatable bonds is 6. The number of hydrogen-bond acceptors (Lipinski definition) is 5. The Labute approximate surface area is 177 Å². The largest absolute Gasteiger partial charge is 0.345 e. The first-order chi connectivity index (χ1) is 14.7. The smallest absolute Gasteiger partial charge is 0.243 e. The van der Waals surface area contributed by atoms with Crippen molar-refractivity contribution < 1.29 is 31.2 Å². The van der Waals surface area contributed by atoms with E-state index in [1.54, 1.807) is 35.2 Å². The molecule has 0 saturated carbocycles. The minimum Gasteiger partial charge on any atom is -0.345 e. The van der Waals surface area contributed by atoms with Crippen molar-refractivity contribution >= 4 is 27.3 Å². The van der Waals surface area contributed by atoms with E-state index >= 15 is 0 Å². The molecule has 0 radical (unpaired) electrons. The molecule has 1 unspecified atom stereocenters. The predicted octanol–water partition coefficient (Wildman–Crippen LogP) is 1.63. The van der Waals surface area contributed by atoms with E-state index in [-0.39, 0.29) is 24.6 Å². The SMILES string of the molecule is O=C(CNC(=O)C(c1ccccc1)N1CCS(=O)(=O)CC1)Nc1ccc(F)c(F)c1F. The van der Waals surface area contributed by atoms with Crippen molar-refractivity contribution in [1.29, 1.82) is 0 Å². The number of carbonyl (C=O) groups excluding carboxylic acids is 2. The van der Waals surface area contributed by atoms with Crippen LogP contribution < -0.4 is 10.6 Å². The van der Waals surface area contributed by atoms with E-state index in [0.29, 0.717) is 11.6 Å². The Hall–Kier alpha value is -2.92. The van der Waals surface area contributed by atoms with Gasteiger partial charge in [0.15, 0.2) is 27.3 Å². The molecule has 0 aromatic heterocycles. The van der Waals surface area contributed by atoms with Crippen LogP contribution in [0.15, 0.2) is 42.5 Å². The number of anilines is 1. The number of hydrogen-bond donors (Lipinski definition) is 2. The van der Waals surface area contributed by atoms with E-state index < -0.39 is 57.4 Å². The zero-order valence-electron chi connectivity index (χ0n) is 16.3. The molecule has 3 rings (SSSR count). The van der Waals surface area contributed by atoms with Gasteiger partial charge in [0.25, 0.3) is 0 Å². The van der Waals surface area contributed by atoms with Crippen LogP contribution in [0.2, 0.25) is 0 Å². The summed E-state index contributed by atoms with van der Waals surface area (Å²) >= 11 is 0. The molecule has 0 aliphatic carbocycles. The van der Waals surface area contributed by atoms with Crippen LogP contribution in [-0.4, -0.2) is 56.3 Å². The van der Waals surface area contributed by atoms with Crippen molar-refractivity contribution in [3.63, 3.8) is 0 Å². The summed E-state index contributed by atoms with van der Waals surface area (Å²) in [6.45, 7) is -0.240. The van der Waals surface area contributed by atoms with E-state index in [9.17, 15) is 31.2 Å². The number of amides is 2. The summed E-state index contributed by atoms with van der Waals surface area (Å²) in [5.41, 5.74) is 0.0605. The van der Waals surface area contributed by atoms with Gasteiger partial charge in [0, 0.05) is 13.1 Å². The van der Waals surface area contributed by atoms with Crippen LogP contribution in [0.3, 0.4) is 0 Å². The Morgan fingerprint density at radius 3 is 2.26 bits per heavy atom. The molecule has 1 saturated heterocycles. The third kappa shape index (κ3) is 5.61. The maximum absolute atomic E-state index is 13.7. The van der Waals surface area contributed by atoms with E-state index in [4.69, 9.17) is 0 Å². The van der Waals surface area contributed by atoms with Crippen LogP contribution in [0.4, 0.5) is 18.9 Å². The molecule has 0 bridgehead atoms. The zero-order chi connectivity index (χ0) is 22.6. The van der Waals surface area contributed by atoms with Crippen LogP contribution in [0.5, 0.6) is 0 Å². The molecule has 1 aliphatic heterocycles. The van der Waals surface area contributed by atoms with E-state index in [2.05, 4.69) is 10.6 Å². The molecule has 31 heavy (non-hydrogen) atoms. The number of carbonyl (C=O) groups is 2. The lowest BCUT2D eigenvalue weighted by molar-refractivity contribution is -0.128. The molecular weight excluding hydrogens is 435 g/mol. The molecule has 1 fully saturated rings. The van der Waals surface area contributed by atoms with E-state index in [1.165, 1.54) is 0 Å². The van der Waals surface area contributed by atoms with Gasteiger partial charge < -0.3 is 10.6 Å². The highest BCUT2D eigenvalue weighted by molar-refractivity contribution is 7.91. The number of nitrogens with zero attached hydrogens (tertiary/aromatic N) is 1. The van der Waals surface area contributed by atoms with Crippen molar-refractivity contribution in [2.24, 2.45) is 0 Å². The van der Waals surface area contributed by atoms with Gasteiger partial charge in [-0.15, -0.1) is 0 Å². The summed E-state index contributed by atoms with van der Waals surface area (Å²) in [6, 6.07) is 9.36. The van der Waals surface area contributed by atoms with Crippen LogP contribution in [-0.2, 0) is 19.4 Å². The Morgan fingerprint density at radius 1 is 0.968 bits per heavy atom. The Bertz CT molecular complexity index is 1070. The van der Waals surface area contributed by atoms with Crippen molar-refractivity contribution in [2.75, 3.05) is 36.5 Å². The second-order valence-electron chi connectivity index (χ2n) is 6.99. The molecule has 2 aromatic rings. The Morgan fingerprint density at radius 2 is 1.61 bits per heavy atom. The minimum atomic E-state index is -3.16. The quantitative estimate of drug-likeness (QED) is 0.646. The standard InChI is InChI=1S/C20H20F3N3O4S/c21-14-6-7-15(18(23)17(14)22)25-16(27)12-24-20(28)19(13-4-2-1-3-5-13)26-8-10-31(29,30)11-9-26/h1-7,19H,8-12H2,(H,24,28)(H,25,27). The molecule has 11 heteroatoms. The van der Waals surface area contributed by atoms with Crippen molar-refractivity contribution in [1.82, 2.24) is 10.2 Å². The van der Waals surface area contributed by atoms with Crippen molar-refractivity contribution in [2.45, 2.75) is 6.04 Å². The molecule has 1 heterocycles. The van der Waals surface area contributed by atoms with Crippen molar-refractivity contribution in [3.05, 3.63) is 65.5 Å². The monoisotopic (exact) mass is 455 g/mol. The normalized spacial score (nSPS) is 17.0. The highest BCUT2D eigenvalue weighted by atomic mass is 32.2. The Kier molecular flexibility index (Phi) is 6.96. The van der Waals surface area contributed by atoms with Gasteiger partial charge >= 0.3 is 0 Å². The first kappa shape index (κ1) is 22.8. The molecule has 2 aromatic carbocycles. The van der Waals surface area contributed by atoms with Gasteiger partial charge in [-0.1, -0.05) is 30.3 Å². The van der Waals surface area contributed by atoms with Gasteiger partial charge in [-0.3, -0.25) is 14.5 Å². The first-order valence-electron chi connectivity index (χ1n) is 9.38. The summed E-state index contributed by atoms with van der Waals surface area (Å²) in [4.78, 5) is 26.7. The fourth-order valence-electron chi connectivity index (χ4n) is 3.23. The molecule has 7 nitrogen and oxygen atoms in total. The van der Waals surface area contributed by atoms with Gasteiger partial charge in [0.05, 0.1) is 23.7 Å². The lowest BCUT2D eigenvalue weighted by Gasteiger charge is -2.33. The van der Waals surface area contributed by atoms with Crippen LogP contribution in [0.25, 0.3) is 0 Å². The van der Waals surface area contributed by atoms with Gasteiger partial charge in [0.2, 0.25) is 11.8 Å². The highest BCUT2D eigenvalue weighted by Crippen LogP contribution is 2.23. The topological polar surface area (TPSA) is 95.6 Å². The molecule has 2 amide bonds. The van der Waals surface area contributed by atoms with Gasteiger partial charge in [-0.2, -0.15) is 0 Å². The average Bonchev–Trinajstić information content (AvgIpc) is 2.75. The molecule has 2 N–H and O–H groups in total. The average molecular weight is 455 g/mol. The summed E-state index contributed by atoms with van der Waals surface area (Å²) in [7, 11) is -3.16.